The Morgan fingerprint density at radius 3 is 2.86 bits per heavy atom. The number of piperidine rings is 1. The highest BCUT2D eigenvalue weighted by Crippen LogP contribution is 2.28. The molecule has 1 heterocycles. The molecule has 3 nitrogen and oxygen atoms in total. The van der Waals surface area contributed by atoms with Crippen molar-refractivity contribution in [1.82, 2.24) is 5.32 Å². The van der Waals surface area contributed by atoms with Crippen LogP contribution in [0.25, 0.3) is 0 Å². The molecule has 0 saturated carbocycles. The molecule has 1 amide bonds. The Labute approximate surface area is 144 Å². The predicted octanol–water partition coefficient (Wildman–Crippen LogP) is 4.25. The number of anilines is 1. The molecule has 1 aliphatic heterocycles. The number of hydrogen-bond acceptors (Lipinski definition) is 3. The standard InChI is InChI=1S/C17H26N2OS.ClH/c1-4-13(3)21-15-7-8-16(12(2)10-15)19-17(20)14-6-5-9-18-11-14;/h7-8,10,13-14,18H,4-6,9,11H2,1-3H3,(H,19,20);1H. The van der Waals surface area contributed by atoms with Crippen molar-refractivity contribution < 1.29 is 4.79 Å². The molecule has 1 saturated heterocycles. The number of rotatable bonds is 5. The first-order valence-electron chi connectivity index (χ1n) is 7.89. The maximum atomic E-state index is 12.3. The third-order valence-corrected chi connectivity index (χ3v) is 5.30. The van der Waals surface area contributed by atoms with Gasteiger partial charge in [0, 0.05) is 22.4 Å². The van der Waals surface area contributed by atoms with E-state index in [9.17, 15) is 4.79 Å². The zero-order chi connectivity index (χ0) is 15.2. The number of amides is 1. The van der Waals surface area contributed by atoms with Gasteiger partial charge in [-0.2, -0.15) is 0 Å². The van der Waals surface area contributed by atoms with E-state index in [1.54, 1.807) is 0 Å². The van der Waals surface area contributed by atoms with Crippen molar-refractivity contribution in [3.63, 3.8) is 0 Å². The van der Waals surface area contributed by atoms with E-state index in [-0.39, 0.29) is 24.2 Å². The summed E-state index contributed by atoms with van der Waals surface area (Å²) < 4.78 is 0. The third kappa shape index (κ3) is 5.49. The van der Waals surface area contributed by atoms with Crippen molar-refractivity contribution in [3.05, 3.63) is 23.8 Å². The minimum Gasteiger partial charge on any atom is -0.326 e. The maximum absolute atomic E-state index is 12.3. The first kappa shape index (κ1) is 19.3. The molecule has 0 bridgehead atoms. The van der Waals surface area contributed by atoms with Crippen LogP contribution in [0.15, 0.2) is 23.1 Å². The van der Waals surface area contributed by atoms with Crippen LogP contribution in [0.2, 0.25) is 0 Å². The summed E-state index contributed by atoms with van der Waals surface area (Å²) in [5, 5.41) is 7.00. The van der Waals surface area contributed by atoms with Crippen LogP contribution in [0.4, 0.5) is 5.69 Å². The Kier molecular flexibility index (Phi) is 8.29. The van der Waals surface area contributed by atoms with Gasteiger partial charge in [-0.25, -0.2) is 0 Å². The van der Waals surface area contributed by atoms with Crippen molar-refractivity contribution in [1.29, 1.82) is 0 Å². The van der Waals surface area contributed by atoms with Gasteiger partial charge in [0.2, 0.25) is 5.91 Å². The monoisotopic (exact) mass is 342 g/mol. The molecule has 0 aromatic heterocycles. The second-order valence-corrected chi connectivity index (χ2v) is 7.36. The summed E-state index contributed by atoms with van der Waals surface area (Å²) in [6.07, 6.45) is 3.23. The average molecular weight is 343 g/mol. The minimum absolute atomic E-state index is 0. The van der Waals surface area contributed by atoms with Gasteiger partial charge in [-0.15, -0.1) is 24.2 Å². The normalized spacial score (nSPS) is 19.1. The number of nitrogens with one attached hydrogen (secondary N) is 2. The van der Waals surface area contributed by atoms with Crippen LogP contribution >= 0.6 is 24.2 Å². The number of halogens is 1. The number of carbonyl (C=O) groups excluding carboxylic acids is 1. The molecule has 1 aliphatic rings. The van der Waals surface area contributed by atoms with Crippen molar-refractivity contribution >= 4 is 35.8 Å². The van der Waals surface area contributed by atoms with Gasteiger partial charge < -0.3 is 10.6 Å². The van der Waals surface area contributed by atoms with Crippen LogP contribution in [-0.4, -0.2) is 24.2 Å². The molecule has 2 rings (SSSR count). The lowest BCUT2D eigenvalue weighted by Crippen LogP contribution is -2.37. The van der Waals surface area contributed by atoms with Crippen molar-refractivity contribution in [2.45, 2.75) is 50.2 Å². The predicted molar refractivity (Wildman–Crippen MR) is 98.3 cm³/mol. The van der Waals surface area contributed by atoms with E-state index in [4.69, 9.17) is 0 Å². The summed E-state index contributed by atoms with van der Waals surface area (Å²) in [6, 6.07) is 6.32. The molecule has 22 heavy (non-hydrogen) atoms. The fourth-order valence-corrected chi connectivity index (χ4v) is 3.50. The Morgan fingerprint density at radius 1 is 1.50 bits per heavy atom. The fourth-order valence-electron chi connectivity index (χ4n) is 2.48. The number of aryl methyl sites for hydroxylation is 1. The topological polar surface area (TPSA) is 41.1 Å². The maximum Gasteiger partial charge on any atom is 0.228 e. The van der Waals surface area contributed by atoms with Crippen LogP contribution in [0.3, 0.4) is 0 Å². The number of carbonyl (C=O) groups is 1. The quantitative estimate of drug-likeness (QED) is 0.786. The summed E-state index contributed by atoms with van der Waals surface area (Å²) in [5.41, 5.74) is 2.08. The summed E-state index contributed by atoms with van der Waals surface area (Å²) in [6.45, 7) is 8.34. The summed E-state index contributed by atoms with van der Waals surface area (Å²) in [7, 11) is 0. The molecule has 1 aromatic carbocycles. The summed E-state index contributed by atoms with van der Waals surface area (Å²) in [5.74, 6) is 0.250. The Bertz CT molecular complexity index is 490. The van der Waals surface area contributed by atoms with Gasteiger partial charge in [0.1, 0.15) is 0 Å². The van der Waals surface area contributed by atoms with E-state index >= 15 is 0 Å². The molecule has 1 aromatic rings. The third-order valence-electron chi connectivity index (χ3n) is 4.04. The summed E-state index contributed by atoms with van der Waals surface area (Å²) in [4.78, 5) is 13.5. The van der Waals surface area contributed by atoms with Crippen LogP contribution in [-0.2, 0) is 4.79 Å². The second-order valence-electron chi connectivity index (χ2n) is 5.85. The van der Waals surface area contributed by atoms with E-state index in [0.717, 1.165) is 43.6 Å². The Morgan fingerprint density at radius 2 is 2.27 bits per heavy atom. The Hall–Kier alpha value is -0.710. The van der Waals surface area contributed by atoms with Crippen LogP contribution in [0.1, 0.15) is 38.7 Å². The van der Waals surface area contributed by atoms with Crippen LogP contribution in [0, 0.1) is 12.8 Å². The van der Waals surface area contributed by atoms with Crippen LogP contribution < -0.4 is 10.6 Å². The van der Waals surface area contributed by atoms with Gasteiger partial charge >= 0.3 is 0 Å². The molecule has 2 atom stereocenters. The molecule has 1 fully saturated rings. The lowest BCUT2D eigenvalue weighted by Gasteiger charge is -2.22. The van der Waals surface area contributed by atoms with E-state index in [2.05, 4.69) is 43.5 Å². The highest BCUT2D eigenvalue weighted by molar-refractivity contribution is 7.99. The van der Waals surface area contributed by atoms with E-state index in [1.807, 2.05) is 17.8 Å². The number of hydrogen-bond donors (Lipinski definition) is 2. The molecular formula is C17H27ClN2OS. The lowest BCUT2D eigenvalue weighted by molar-refractivity contribution is -0.120. The van der Waals surface area contributed by atoms with Gasteiger partial charge in [0.15, 0.2) is 0 Å². The number of benzene rings is 1. The van der Waals surface area contributed by atoms with Gasteiger partial charge in [-0.05, 0) is 56.5 Å². The largest absolute Gasteiger partial charge is 0.326 e. The van der Waals surface area contributed by atoms with E-state index in [0.29, 0.717) is 5.25 Å². The van der Waals surface area contributed by atoms with Crippen molar-refractivity contribution in [2.24, 2.45) is 5.92 Å². The van der Waals surface area contributed by atoms with E-state index < -0.39 is 0 Å². The highest BCUT2D eigenvalue weighted by atomic mass is 35.5. The smallest absolute Gasteiger partial charge is 0.228 e. The molecule has 124 valence electrons. The van der Waals surface area contributed by atoms with Crippen molar-refractivity contribution in [3.8, 4) is 0 Å². The number of thioether (sulfide) groups is 1. The zero-order valence-corrected chi connectivity index (χ0v) is 15.3. The minimum atomic E-state index is 0. The molecule has 0 aliphatic carbocycles. The molecular weight excluding hydrogens is 316 g/mol. The SMILES string of the molecule is CCC(C)Sc1ccc(NC(=O)C2CCCNC2)c(C)c1.Cl. The molecule has 2 unspecified atom stereocenters. The average Bonchev–Trinajstić information content (AvgIpc) is 2.50. The molecule has 5 heteroatoms. The van der Waals surface area contributed by atoms with Crippen LogP contribution in [0.5, 0.6) is 0 Å². The van der Waals surface area contributed by atoms with Gasteiger partial charge in [-0.1, -0.05) is 13.8 Å². The Balaban J connectivity index is 0.00000242. The molecule has 2 N–H and O–H groups in total. The van der Waals surface area contributed by atoms with Crippen molar-refractivity contribution in [2.75, 3.05) is 18.4 Å². The van der Waals surface area contributed by atoms with E-state index in [1.165, 1.54) is 4.90 Å². The summed E-state index contributed by atoms with van der Waals surface area (Å²) >= 11 is 1.89. The highest BCUT2D eigenvalue weighted by Gasteiger charge is 2.21. The van der Waals surface area contributed by atoms with Gasteiger partial charge in [0.25, 0.3) is 0 Å². The molecule has 0 spiro atoms. The second kappa shape index (κ2) is 9.43. The molecule has 0 radical (unpaired) electrons. The first-order valence-corrected chi connectivity index (χ1v) is 8.77. The first-order chi connectivity index (χ1) is 10.1. The lowest BCUT2D eigenvalue weighted by atomic mass is 9.98. The van der Waals surface area contributed by atoms with Gasteiger partial charge in [0.05, 0.1) is 5.92 Å². The zero-order valence-electron chi connectivity index (χ0n) is 13.6. The fraction of sp³-hybridized carbons (Fsp3) is 0.588. The van der Waals surface area contributed by atoms with Gasteiger partial charge in [-0.3, -0.25) is 4.79 Å².